The van der Waals surface area contributed by atoms with Crippen molar-refractivity contribution in [1.82, 2.24) is 25.0 Å². The molecule has 0 aliphatic carbocycles. The number of fused-ring (bicyclic) bond motifs is 1. The average Bonchev–Trinajstić information content (AvgIpc) is 3.36. The number of halogens is 1. The first kappa shape index (κ1) is 16.3. The third-order valence-corrected chi connectivity index (χ3v) is 3.95. The minimum atomic E-state index is -0.401. The molecule has 1 amide bonds. The molecule has 1 N–H and O–H groups in total. The van der Waals surface area contributed by atoms with Gasteiger partial charge in [-0.2, -0.15) is 15.3 Å². The fourth-order valence-corrected chi connectivity index (χ4v) is 2.67. The van der Waals surface area contributed by atoms with Crippen LogP contribution in [0, 0.1) is 0 Å². The number of carbonyl (C=O) groups excluding carboxylic acids is 1. The molecule has 3 aromatic rings. The number of amides is 1. The van der Waals surface area contributed by atoms with Crippen molar-refractivity contribution >= 4 is 28.1 Å². The highest BCUT2D eigenvalue weighted by Gasteiger charge is 2.13. The van der Waals surface area contributed by atoms with Crippen LogP contribution >= 0.6 is 15.9 Å². The Morgan fingerprint density at radius 3 is 3.04 bits per heavy atom. The summed E-state index contributed by atoms with van der Waals surface area (Å²) in [6, 6.07) is 7.01. The number of nitrogens with one attached hydrogen (secondary N) is 1. The van der Waals surface area contributed by atoms with Gasteiger partial charge >= 0.3 is 0 Å². The van der Waals surface area contributed by atoms with Crippen molar-refractivity contribution in [2.24, 2.45) is 5.10 Å². The van der Waals surface area contributed by atoms with Crippen LogP contribution in [0.5, 0.6) is 11.5 Å². The van der Waals surface area contributed by atoms with Gasteiger partial charge in [-0.1, -0.05) is 0 Å². The molecule has 4 rings (SSSR count). The number of hydrogen-bond acceptors (Lipinski definition) is 6. The molecule has 0 unspecified atom stereocenters. The maximum atomic E-state index is 12.1. The Labute approximate surface area is 156 Å². The Morgan fingerprint density at radius 2 is 2.19 bits per heavy atom. The zero-order chi connectivity index (χ0) is 17.9. The Balaban J connectivity index is 1.36. The van der Waals surface area contributed by atoms with E-state index in [0.717, 1.165) is 10.0 Å². The maximum Gasteiger partial charge on any atom is 0.291 e. The molecule has 3 heterocycles. The molecule has 0 atom stereocenters. The van der Waals surface area contributed by atoms with Crippen LogP contribution in [-0.4, -0.2) is 38.5 Å². The minimum Gasteiger partial charge on any atom is -0.454 e. The molecule has 10 heteroatoms. The van der Waals surface area contributed by atoms with Gasteiger partial charge in [0.25, 0.3) is 5.91 Å². The van der Waals surface area contributed by atoms with Crippen LogP contribution < -0.4 is 14.9 Å². The smallest absolute Gasteiger partial charge is 0.291 e. The summed E-state index contributed by atoms with van der Waals surface area (Å²) in [7, 11) is 0. The molecule has 1 aliphatic rings. The van der Waals surface area contributed by atoms with E-state index in [1.54, 1.807) is 40.0 Å². The van der Waals surface area contributed by atoms with E-state index in [4.69, 9.17) is 9.47 Å². The van der Waals surface area contributed by atoms with Crippen LogP contribution in [0.15, 0.2) is 52.4 Å². The second-order valence-corrected chi connectivity index (χ2v) is 6.31. The molecule has 0 saturated heterocycles. The minimum absolute atomic E-state index is 0.213. The predicted octanol–water partition coefficient (Wildman–Crippen LogP) is 1.84. The average molecular weight is 417 g/mol. The number of rotatable bonds is 5. The van der Waals surface area contributed by atoms with Crippen LogP contribution in [0.3, 0.4) is 0 Å². The van der Waals surface area contributed by atoms with E-state index in [9.17, 15) is 4.79 Å². The molecule has 132 valence electrons. The van der Waals surface area contributed by atoms with Crippen molar-refractivity contribution in [2.45, 2.75) is 6.67 Å². The van der Waals surface area contributed by atoms with Gasteiger partial charge in [0.05, 0.1) is 16.9 Å². The number of benzene rings is 1. The number of hydrogen-bond donors (Lipinski definition) is 1. The Bertz CT molecular complexity index is 980. The molecule has 0 fully saturated rings. The van der Waals surface area contributed by atoms with Crippen LogP contribution in [0.4, 0.5) is 0 Å². The van der Waals surface area contributed by atoms with Crippen molar-refractivity contribution < 1.29 is 14.3 Å². The standard InChI is InChI=1S/C16H13BrN6O3/c17-12-7-19-23(8-12)9-22-4-3-13(21-22)16(24)20-18-6-11-1-2-14-15(5-11)26-10-25-14/h1-8H,9-10H2,(H,20,24)/b18-6+. The Hall–Kier alpha value is -3.14. The highest BCUT2D eigenvalue weighted by Crippen LogP contribution is 2.31. The summed E-state index contributed by atoms with van der Waals surface area (Å²) >= 11 is 3.33. The van der Waals surface area contributed by atoms with Gasteiger partial charge in [0.2, 0.25) is 6.79 Å². The van der Waals surface area contributed by atoms with Crippen LogP contribution in [0.1, 0.15) is 16.1 Å². The summed E-state index contributed by atoms with van der Waals surface area (Å²) in [5, 5.41) is 12.3. The Kier molecular flexibility index (Phi) is 4.40. The van der Waals surface area contributed by atoms with Crippen molar-refractivity contribution in [1.29, 1.82) is 0 Å². The first-order valence-corrected chi connectivity index (χ1v) is 8.41. The molecule has 0 saturated carbocycles. The summed E-state index contributed by atoms with van der Waals surface area (Å²) in [5.74, 6) is 0.951. The summed E-state index contributed by atoms with van der Waals surface area (Å²) < 4.78 is 14.7. The lowest BCUT2D eigenvalue weighted by Gasteiger charge is -2.01. The van der Waals surface area contributed by atoms with Crippen molar-refractivity contribution in [3.63, 3.8) is 0 Å². The molecular weight excluding hydrogens is 404 g/mol. The Morgan fingerprint density at radius 1 is 1.31 bits per heavy atom. The lowest BCUT2D eigenvalue weighted by molar-refractivity contribution is 0.0949. The summed E-state index contributed by atoms with van der Waals surface area (Å²) in [6.45, 7) is 0.615. The van der Waals surface area contributed by atoms with Crippen molar-refractivity contribution in [3.8, 4) is 11.5 Å². The normalized spacial score (nSPS) is 12.7. The van der Waals surface area contributed by atoms with Gasteiger partial charge in [-0.3, -0.25) is 9.48 Å². The van der Waals surface area contributed by atoms with E-state index in [-0.39, 0.29) is 12.5 Å². The SMILES string of the molecule is O=C(N/N=C/c1ccc2c(c1)OCO2)c1ccn(Cn2cc(Br)cn2)n1. The quantitative estimate of drug-likeness (QED) is 0.505. The fraction of sp³-hybridized carbons (Fsp3) is 0.125. The molecule has 0 radical (unpaired) electrons. The largest absolute Gasteiger partial charge is 0.454 e. The first-order chi connectivity index (χ1) is 12.7. The predicted molar refractivity (Wildman–Crippen MR) is 95.2 cm³/mol. The lowest BCUT2D eigenvalue weighted by Crippen LogP contribution is -2.19. The van der Waals surface area contributed by atoms with Gasteiger partial charge in [-0.05, 0) is 45.8 Å². The molecule has 0 bridgehead atoms. The topological polar surface area (TPSA) is 95.6 Å². The van der Waals surface area contributed by atoms with E-state index < -0.39 is 5.91 Å². The van der Waals surface area contributed by atoms with E-state index in [1.165, 1.54) is 6.21 Å². The van der Waals surface area contributed by atoms with Crippen LogP contribution in [-0.2, 0) is 6.67 Å². The molecule has 26 heavy (non-hydrogen) atoms. The number of ether oxygens (including phenoxy) is 2. The third kappa shape index (κ3) is 3.59. The molecule has 1 aliphatic heterocycles. The number of hydrazone groups is 1. The zero-order valence-corrected chi connectivity index (χ0v) is 15.0. The number of carbonyl (C=O) groups is 1. The summed E-state index contributed by atoms with van der Waals surface area (Å²) in [5.41, 5.74) is 3.49. The summed E-state index contributed by atoms with van der Waals surface area (Å²) in [4.78, 5) is 12.1. The van der Waals surface area contributed by atoms with E-state index in [0.29, 0.717) is 18.2 Å². The molecule has 0 spiro atoms. The lowest BCUT2D eigenvalue weighted by atomic mass is 10.2. The van der Waals surface area contributed by atoms with Crippen LogP contribution in [0.25, 0.3) is 0 Å². The zero-order valence-electron chi connectivity index (χ0n) is 13.4. The highest BCUT2D eigenvalue weighted by molar-refractivity contribution is 9.10. The molecule has 9 nitrogen and oxygen atoms in total. The second-order valence-electron chi connectivity index (χ2n) is 5.39. The fourth-order valence-electron chi connectivity index (χ4n) is 2.34. The highest BCUT2D eigenvalue weighted by atomic mass is 79.9. The van der Waals surface area contributed by atoms with Gasteiger partial charge in [0.1, 0.15) is 6.67 Å². The van der Waals surface area contributed by atoms with Gasteiger partial charge in [0.15, 0.2) is 17.2 Å². The van der Waals surface area contributed by atoms with Crippen molar-refractivity contribution in [3.05, 3.63) is 58.6 Å². The maximum absolute atomic E-state index is 12.1. The first-order valence-electron chi connectivity index (χ1n) is 7.62. The van der Waals surface area contributed by atoms with Gasteiger partial charge < -0.3 is 9.47 Å². The molecular formula is C16H13BrN6O3. The van der Waals surface area contributed by atoms with E-state index in [2.05, 4.69) is 36.7 Å². The van der Waals surface area contributed by atoms with E-state index in [1.807, 2.05) is 12.3 Å². The van der Waals surface area contributed by atoms with Crippen LogP contribution in [0.2, 0.25) is 0 Å². The third-order valence-electron chi connectivity index (χ3n) is 3.54. The number of aromatic nitrogens is 4. The van der Waals surface area contributed by atoms with Gasteiger partial charge in [0, 0.05) is 12.4 Å². The molecule has 1 aromatic carbocycles. The monoisotopic (exact) mass is 416 g/mol. The molecule has 2 aromatic heterocycles. The number of nitrogens with zero attached hydrogens (tertiary/aromatic N) is 5. The van der Waals surface area contributed by atoms with Gasteiger partial charge in [-0.25, -0.2) is 10.1 Å². The van der Waals surface area contributed by atoms with E-state index >= 15 is 0 Å². The second kappa shape index (κ2) is 7.00. The van der Waals surface area contributed by atoms with Gasteiger partial charge in [-0.15, -0.1) is 0 Å². The summed E-state index contributed by atoms with van der Waals surface area (Å²) in [6.07, 6.45) is 6.73. The van der Waals surface area contributed by atoms with Crippen molar-refractivity contribution in [2.75, 3.05) is 6.79 Å².